The number of aromatic nitrogens is 2. The molecule has 0 saturated heterocycles. The summed E-state index contributed by atoms with van der Waals surface area (Å²) in [6.07, 6.45) is 3.56. The van der Waals surface area contributed by atoms with E-state index < -0.39 is 0 Å². The van der Waals surface area contributed by atoms with Gasteiger partial charge in [-0.1, -0.05) is 13.3 Å². The molecule has 5 nitrogen and oxygen atoms in total. The van der Waals surface area contributed by atoms with Crippen LogP contribution in [0.5, 0.6) is 5.75 Å². The highest BCUT2D eigenvalue weighted by molar-refractivity contribution is 5.53. The minimum atomic E-state index is 0.509. The number of nitrogens with zero attached hydrogens (tertiary/aromatic N) is 2. The Balaban J connectivity index is 1.73. The first kappa shape index (κ1) is 13.5. The molecule has 1 heterocycles. The van der Waals surface area contributed by atoms with Crippen molar-refractivity contribution in [2.75, 3.05) is 19.8 Å². The maximum Gasteiger partial charge on any atom is 0.247 e. The average molecular weight is 262 g/mol. The van der Waals surface area contributed by atoms with Gasteiger partial charge in [-0.25, -0.2) is 0 Å². The lowest BCUT2D eigenvalue weighted by atomic mass is 10.2. The zero-order valence-electron chi connectivity index (χ0n) is 11.0. The van der Waals surface area contributed by atoms with E-state index in [-0.39, 0.29) is 0 Å². The lowest BCUT2D eigenvalue weighted by Gasteiger charge is -2.07. The standard InChI is InChI=1S/C14H18N2O3/c1-2-3-8-17-9-10-18-13-6-4-12(5-7-13)14-16-15-11-19-14/h4-7,11H,2-3,8-10H2,1H3. The van der Waals surface area contributed by atoms with Crippen molar-refractivity contribution in [3.8, 4) is 17.2 Å². The Morgan fingerprint density at radius 2 is 1.95 bits per heavy atom. The Bertz CT molecular complexity index is 454. The van der Waals surface area contributed by atoms with Crippen molar-refractivity contribution in [1.82, 2.24) is 10.2 Å². The van der Waals surface area contributed by atoms with E-state index >= 15 is 0 Å². The topological polar surface area (TPSA) is 57.4 Å². The van der Waals surface area contributed by atoms with Gasteiger partial charge in [-0.15, -0.1) is 10.2 Å². The van der Waals surface area contributed by atoms with Crippen molar-refractivity contribution in [3.05, 3.63) is 30.7 Å². The molecule has 2 aromatic rings. The summed E-state index contributed by atoms with van der Waals surface area (Å²) in [5, 5.41) is 7.48. The maximum absolute atomic E-state index is 5.57. The van der Waals surface area contributed by atoms with Gasteiger partial charge in [-0.3, -0.25) is 0 Å². The highest BCUT2D eigenvalue weighted by atomic mass is 16.5. The van der Waals surface area contributed by atoms with E-state index in [0.29, 0.717) is 19.1 Å². The van der Waals surface area contributed by atoms with E-state index in [1.165, 1.54) is 6.39 Å². The highest BCUT2D eigenvalue weighted by Crippen LogP contribution is 2.19. The van der Waals surface area contributed by atoms with Gasteiger partial charge in [0.1, 0.15) is 12.4 Å². The van der Waals surface area contributed by atoms with Gasteiger partial charge in [0.05, 0.1) is 6.61 Å². The van der Waals surface area contributed by atoms with Gasteiger partial charge >= 0.3 is 0 Å². The largest absolute Gasteiger partial charge is 0.491 e. The molecule has 1 aromatic heterocycles. The molecule has 0 saturated carbocycles. The number of hydrogen-bond acceptors (Lipinski definition) is 5. The zero-order chi connectivity index (χ0) is 13.3. The first-order chi connectivity index (χ1) is 9.40. The van der Waals surface area contributed by atoms with Gasteiger partial charge < -0.3 is 13.9 Å². The molecule has 5 heteroatoms. The number of unbranched alkanes of at least 4 members (excludes halogenated alkanes) is 1. The van der Waals surface area contributed by atoms with Crippen LogP contribution in [0, 0.1) is 0 Å². The van der Waals surface area contributed by atoms with Crippen LogP contribution >= 0.6 is 0 Å². The van der Waals surface area contributed by atoms with Gasteiger partial charge in [0, 0.05) is 12.2 Å². The number of ether oxygens (including phenoxy) is 2. The van der Waals surface area contributed by atoms with E-state index in [1.807, 2.05) is 24.3 Å². The Morgan fingerprint density at radius 3 is 2.63 bits per heavy atom. The summed E-state index contributed by atoms with van der Waals surface area (Å²) in [4.78, 5) is 0. The van der Waals surface area contributed by atoms with Crippen LogP contribution in [0.4, 0.5) is 0 Å². The number of benzene rings is 1. The molecule has 0 aliphatic heterocycles. The predicted octanol–water partition coefficient (Wildman–Crippen LogP) is 2.93. The van der Waals surface area contributed by atoms with Crippen LogP contribution in [-0.2, 0) is 4.74 Å². The summed E-state index contributed by atoms with van der Waals surface area (Å²) in [5.41, 5.74) is 0.879. The van der Waals surface area contributed by atoms with Crippen LogP contribution in [0.25, 0.3) is 11.5 Å². The number of hydrogen-bond donors (Lipinski definition) is 0. The van der Waals surface area contributed by atoms with Crippen molar-refractivity contribution in [2.45, 2.75) is 19.8 Å². The van der Waals surface area contributed by atoms with Crippen molar-refractivity contribution in [1.29, 1.82) is 0 Å². The highest BCUT2D eigenvalue weighted by Gasteiger charge is 2.03. The van der Waals surface area contributed by atoms with Crippen LogP contribution in [-0.4, -0.2) is 30.0 Å². The first-order valence-corrected chi connectivity index (χ1v) is 6.47. The third kappa shape index (κ3) is 4.37. The molecule has 0 unspecified atom stereocenters. The van der Waals surface area contributed by atoms with Crippen molar-refractivity contribution in [2.24, 2.45) is 0 Å². The molecule has 0 bridgehead atoms. The van der Waals surface area contributed by atoms with E-state index in [1.54, 1.807) is 0 Å². The molecule has 0 aliphatic rings. The second-order valence-electron chi connectivity index (χ2n) is 4.08. The molecule has 0 spiro atoms. The van der Waals surface area contributed by atoms with Crippen LogP contribution in [0.15, 0.2) is 35.1 Å². The van der Waals surface area contributed by atoms with Gasteiger partial charge in [0.2, 0.25) is 12.3 Å². The lowest BCUT2D eigenvalue weighted by molar-refractivity contribution is 0.0981. The molecule has 0 radical (unpaired) electrons. The Labute approximate surface area is 112 Å². The molecular formula is C14H18N2O3. The maximum atomic E-state index is 5.57. The Kier molecular flexibility index (Phi) is 5.37. The van der Waals surface area contributed by atoms with Crippen molar-refractivity contribution >= 4 is 0 Å². The smallest absolute Gasteiger partial charge is 0.247 e. The summed E-state index contributed by atoms with van der Waals surface area (Å²) >= 11 is 0. The molecule has 0 aliphatic carbocycles. The molecular weight excluding hydrogens is 244 g/mol. The van der Waals surface area contributed by atoms with Gasteiger partial charge in [-0.2, -0.15) is 0 Å². The fourth-order valence-corrected chi connectivity index (χ4v) is 1.56. The third-order valence-corrected chi connectivity index (χ3v) is 2.60. The summed E-state index contributed by atoms with van der Waals surface area (Å²) in [6, 6.07) is 7.54. The third-order valence-electron chi connectivity index (χ3n) is 2.60. The monoisotopic (exact) mass is 262 g/mol. The zero-order valence-corrected chi connectivity index (χ0v) is 11.0. The fraction of sp³-hybridized carbons (Fsp3) is 0.429. The Hall–Kier alpha value is -1.88. The molecule has 0 N–H and O–H groups in total. The minimum Gasteiger partial charge on any atom is -0.491 e. The predicted molar refractivity (Wildman–Crippen MR) is 71.0 cm³/mol. The van der Waals surface area contributed by atoms with Gasteiger partial charge in [-0.05, 0) is 30.7 Å². The van der Waals surface area contributed by atoms with E-state index in [2.05, 4.69) is 17.1 Å². The molecule has 0 amide bonds. The lowest BCUT2D eigenvalue weighted by Crippen LogP contribution is -2.07. The minimum absolute atomic E-state index is 0.509. The van der Waals surface area contributed by atoms with Crippen LogP contribution in [0.3, 0.4) is 0 Å². The normalized spacial score (nSPS) is 10.6. The molecule has 19 heavy (non-hydrogen) atoms. The van der Waals surface area contributed by atoms with Crippen molar-refractivity contribution < 1.29 is 13.9 Å². The molecule has 0 atom stereocenters. The number of rotatable bonds is 8. The summed E-state index contributed by atoms with van der Waals surface area (Å²) in [6.45, 7) is 4.12. The summed E-state index contributed by atoms with van der Waals surface area (Å²) < 4.78 is 16.1. The Morgan fingerprint density at radius 1 is 1.11 bits per heavy atom. The SMILES string of the molecule is CCCCOCCOc1ccc(-c2nnco2)cc1. The molecule has 102 valence electrons. The van der Waals surface area contributed by atoms with Crippen LogP contribution in [0.2, 0.25) is 0 Å². The van der Waals surface area contributed by atoms with E-state index in [0.717, 1.165) is 30.8 Å². The first-order valence-electron chi connectivity index (χ1n) is 6.47. The summed E-state index contributed by atoms with van der Waals surface area (Å²) in [7, 11) is 0. The fourth-order valence-electron chi connectivity index (χ4n) is 1.56. The van der Waals surface area contributed by atoms with Crippen LogP contribution in [0.1, 0.15) is 19.8 Å². The molecule has 1 aromatic carbocycles. The van der Waals surface area contributed by atoms with Gasteiger partial charge in [0.25, 0.3) is 0 Å². The van der Waals surface area contributed by atoms with Crippen molar-refractivity contribution in [3.63, 3.8) is 0 Å². The van der Waals surface area contributed by atoms with Crippen LogP contribution < -0.4 is 4.74 Å². The summed E-state index contributed by atoms with van der Waals surface area (Å²) in [5.74, 6) is 1.32. The molecule has 0 fully saturated rings. The average Bonchev–Trinajstić information content (AvgIpc) is 2.97. The van der Waals surface area contributed by atoms with Gasteiger partial charge in [0.15, 0.2) is 0 Å². The van der Waals surface area contributed by atoms with E-state index in [4.69, 9.17) is 13.9 Å². The molecule has 2 rings (SSSR count). The van der Waals surface area contributed by atoms with E-state index in [9.17, 15) is 0 Å². The second-order valence-corrected chi connectivity index (χ2v) is 4.08. The quantitative estimate of drug-likeness (QED) is 0.684. The second kappa shape index (κ2) is 7.53.